The van der Waals surface area contributed by atoms with Crippen molar-refractivity contribution in [3.05, 3.63) is 34.1 Å². The van der Waals surface area contributed by atoms with Gasteiger partial charge in [0.1, 0.15) is 5.82 Å². The van der Waals surface area contributed by atoms with Gasteiger partial charge < -0.3 is 9.80 Å². The summed E-state index contributed by atoms with van der Waals surface area (Å²) in [5.41, 5.74) is 0.543. The molecule has 1 unspecified atom stereocenters. The van der Waals surface area contributed by atoms with Crippen LogP contribution in [0.25, 0.3) is 0 Å². The summed E-state index contributed by atoms with van der Waals surface area (Å²) in [7, 11) is 1.70. The minimum Gasteiger partial charge on any atom is -0.321 e. The number of urea groups is 1. The van der Waals surface area contributed by atoms with Gasteiger partial charge in [0, 0.05) is 35.9 Å². The smallest absolute Gasteiger partial charge is 0.320 e. The van der Waals surface area contributed by atoms with Gasteiger partial charge in [0.25, 0.3) is 0 Å². The van der Waals surface area contributed by atoms with Crippen molar-refractivity contribution in [3.8, 4) is 0 Å². The molecule has 0 radical (unpaired) electrons. The van der Waals surface area contributed by atoms with Gasteiger partial charge in [-0.25, -0.2) is 9.18 Å². The minimum absolute atomic E-state index is 0.0755. The zero-order chi connectivity index (χ0) is 13.3. The molecule has 1 aliphatic rings. The van der Waals surface area contributed by atoms with Crippen molar-refractivity contribution in [2.75, 3.05) is 25.9 Å². The second-order valence-corrected chi connectivity index (χ2v) is 5.61. The van der Waals surface area contributed by atoms with Gasteiger partial charge in [-0.1, -0.05) is 15.9 Å². The van der Waals surface area contributed by atoms with Gasteiger partial charge in [0.15, 0.2) is 0 Å². The number of benzene rings is 1. The van der Waals surface area contributed by atoms with E-state index >= 15 is 0 Å². The van der Waals surface area contributed by atoms with Crippen molar-refractivity contribution in [2.24, 2.45) is 0 Å². The first-order valence-corrected chi connectivity index (χ1v) is 7.04. The standard InChI is InChI=1S/C12H14BrFN2OS/c1-15-11(7-16(4-5-18)12(15)17)9-6-8(13)2-3-10(9)14/h2-3,6,11,18H,4-5,7H2,1H3. The summed E-state index contributed by atoms with van der Waals surface area (Å²) in [4.78, 5) is 15.2. The molecule has 18 heavy (non-hydrogen) atoms. The monoisotopic (exact) mass is 332 g/mol. The van der Waals surface area contributed by atoms with Crippen LogP contribution in [0, 0.1) is 5.82 Å². The van der Waals surface area contributed by atoms with E-state index in [9.17, 15) is 9.18 Å². The number of amides is 2. The molecule has 2 amide bonds. The van der Waals surface area contributed by atoms with Crippen LogP contribution >= 0.6 is 28.6 Å². The zero-order valence-corrected chi connectivity index (χ0v) is 12.4. The average molecular weight is 333 g/mol. The normalized spacial score (nSPS) is 19.8. The molecule has 1 aromatic carbocycles. The van der Waals surface area contributed by atoms with Gasteiger partial charge in [0.05, 0.1) is 6.04 Å². The maximum Gasteiger partial charge on any atom is 0.320 e. The lowest BCUT2D eigenvalue weighted by Gasteiger charge is -2.18. The third-order valence-corrected chi connectivity index (χ3v) is 3.81. The fourth-order valence-corrected chi connectivity index (χ4v) is 2.77. The summed E-state index contributed by atoms with van der Waals surface area (Å²) >= 11 is 7.45. The number of thiol groups is 1. The molecule has 0 aromatic heterocycles. The minimum atomic E-state index is -0.282. The van der Waals surface area contributed by atoms with Gasteiger partial charge in [0.2, 0.25) is 0 Å². The number of hydrogen-bond donors (Lipinski definition) is 1. The molecule has 0 aliphatic carbocycles. The van der Waals surface area contributed by atoms with Crippen LogP contribution in [0.5, 0.6) is 0 Å². The van der Waals surface area contributed by atoms with Gasteiger partial charge in [-0.3, -0.25) is 0 Å². The quantitative estimate of drug-likeness (QED) is 0.845. The van der Waals surface area contributed by atoms with Crippen molar-refractivity contribution in [1.82, 2.24) is 9.80 Å². The molecule has 1 fully saturated rings. The van der Waals surface area contributed by atoms with E-state index in [0.29, 0.717) is 24.4 Å². The summed E-state index contributed by atoms with van der Waals surface area (Å²) in [5.74, 6) is 0.323. The highest BCUT2D eigenvalue weighted by Crippen LogP contribution is 2.31. The lowest BCUT2D eigenvalue weighted by Crippen LogP contribution is -2.31. The largest absolute Gasteiger partial charge is 0.321 e. The zero-order valence-electron chi connectivity index (χ0n) is 9.94. The van der Waals surface area contributed by atoms with Crippen LogP contribution in [-0.4, -0.2) is 41.7 Å². The van der Waals surface area contributed by atoms with Crippen LogP contribution in [0.15, 0.2) is 22.7 Å². The highest BCUT2D eigenvalue weighted by atomic mass is 79.9. The summed E-state index contributed by atoms with van der Waals surface area (Å²) in [5, 5.41) is 0. The number of carbonyl (C=O) groups is 1. The molecular weight excluding hydrogens is 319 g/mol. The summed E-state index contributed by atoms with van der Waals surface area (Å²) in [6.45, 7) is 1.08. The van der Waals surface area contributed by atoms with E-state index in [0.717, 1.165) is 4.47 Å². The van der Waals surface area contributed by atoms with E-state index in [1.54, 1.807) is 29.0 Å². The molecule has 1 aromatic rings. The number of carbonyl (C=O) groups excluding carboxylic acids is 1. The maximum atomic E-state index is 13.8. The highest BCUT2D eigenvalue weighted by molar-refractivity contribution is 9.10. The molecule has 6 heteroatoms. The van der Waals surface area contributed by atoms with Crippen molar-refractivity contribution >= 4 is 34.6 Å². The Balaban J connectivity index is 2.29. The van der Waals surface area contributed by atoms with E-state index in [1.807, 2.05) is 0 Å². The molecule has 0 bridgehead atoms. The first-order chi connectivity index (χ1) is 8.54. The number of halogens is 2. The van der Waals surface area contributed by atoms with Crippen LogP contribution in [-0.2, 0) is 0 Å². The molecule has 0 N–H and O–H groups in total. The number of likely N-dealkylation sites (N-methyl/N-ethyl adjacent to an activating group) is 1. The Morgan fingerprint density at radius 3 is 2.94 bits per heavy atom. The Bertz CT molecular complexity index is 471. The molecule has 1 heterocycles. The fourth-order valence-electron chi connectivity index (χ4n) is 2.15. The second-order valence-electron chi connectivity index (χ2n) is 4.24. The van der Waals surface area contributed by atoms with Crippen LogP contribution in [0.4, 0.5) is 9.18 Å². The van der Waals surface area contributed by atoms with E-state index in [1.165, 1.54) is 6.07 Å². The SMILES string of the molecule is CN1C(=O)N(CCS)CC1c1cc(Br)ccc1F. The summed E-state index contributed by atoms with van der Waals surface area (Å²) in [6.07, 6.45) is 0. The van der Waals surface area contributed by atoms with Gasteiger partial charge in [-0.05, 0) is 18.2 Å². The Kier molecular flexibility index (Phi) is 4.17. The molecule has 1 aliphatic heterocycles. The van der Waals surface area contributed by atoms with Gasteiger partial charge >= 0.3 is 6.03 Å². The van der Waals surface area contributed by atoms with Crippen LogP contribution < -0.4 is 0 Å². The predicted octanol–water partition coefficient (Wildman–Crippen LogP) is 2.93. The average Bonchev–Trinajstić information content (AvgIpc) is 2.61. The van der Waals surface area contributed by atoms with Crippen molar-refractivity contribution in [3.63, 3.8) is 0 Å². The van der Waals surface area contributed by atoms with E-state index in [-0.39, 0.29) is 17.9 Å². The third kappa shape index (κ3) is 2.49. The fraction of sp³-hybridized carbons (Fsp3) is 0.417. The van der Waals surface area contributed by atoms with Crippen molar-refractivity contribution < 1.29 is 9.18 Å². The first-order valence-electron chi connectivity index (χ1n) is 5.62. The molecule has 0 saturated carbocycles. The summed E-state index contributed by atoms with van der Waals surface area (Å²) < 4.78 is 14.7. The Morgan fingerprint density at radius 1 is 1.56 bits per heavy atom. The van der Waals surface area contributed by atoms with Crippen LogP contribution in [0.3, 0.4) is 0 Å². The van der Waals surface area contributed by atoms with Gasteiger partial charge in [-0.15, -0.1) is 0 Å². The molecule has 1 atom stereocenters. The lowest BCUT2D eigenvalue weighted by atomic mass is 10.1. The Labute approximate surface area is 119 Å². The molecule has 0 spiro atoms. The Morgan fingerprint density at radius 2 is 2.28 bits per heavy atom. The maximum absolute atomic E-state index is 13.8. The Hall–Kier alpha value is -0.750. The predicted molar refractivity (Wildman–Crippen MR) is 75.4 cm³/mol. The number of rotatable bonds is 3. The van der Waals surface area contributed by atoms with Crippen LogP contribution in [0.2, 0.25) is 0 Å². The number of nitrogens with zero attached hydrogens (tertiary/aromatic N) is 2. The molecule has 98 valence electrons. The number of hydrogen-bond acceptors (Lipinski definition) is 2. The molecule has 2 rings (SSSR count). The molecule has 1 saturated heterocycles. The lowest BCUT2D eigenvalue weighted by molar-refractivity contribution is 0.197. The van der Waals surface area contributed by atoms with Gasteiger partial charge in [-0.2, -0.15) is 12.6 Å². The molecule has 3 nitrogen and oxygen atoms in total. The topological polar surface area (TPSA) is 23.6 Å². The van der Waals surface area contributed by atoms with E-state index in [2.05, 4.69) is 28.6 Å². The first kappa shape index (κ1) is 13.7. The summed E-state index contributed by atoms with van der Waals surface area (Å²) in [6, 6.07) is 4.48. The molecular formula is C12H14BrFN2OS. The highest BCUT2D eigenvalue weighted by Gasteiger charge is 2.36. The van der Waals surface area contributed by atoms with E-state index < -0.39 is 0 Å². The van der Waals surface area contributed by atoms with E-state index in [4.69, 9.17) is 0 Å². The van der Waals surface area contributed by atoms with Crippen molar-refractivity contribution in [1.29, 1.82) is 0 Å². The van der Waals surface area contributed by atoms with Crippen LogP contribution in [0.1, 0.15) is 11.6 Å². The third-order valence-electron chi connectivity index (χ3n) is 3.12. The van der Waals surface area contributed by atoms with Crippen molar-refractivity contribution in [2.45, 2.75) is 6.04 Å². The second kappa shape index (κ2) is 5.48.